The largest absolute Gasteiger partial charge is 0.390 e. The zero-order valence-electron chi connectivity index (χ0n) is 16.5. The molecular formula is C17H19ClF3N5O4S. The lowest BCUT2D eigenvalue weighted by atomic mass is 10.4. The van der Waals surface area contributed by atoms with Crippen LogP contribution in [0.25, 0.3) is 5.69 Å². The number of halogens is 4. The highest BCUT2D eigenvalue weighted by Crippen LogP contribution is 2.27. The molecule has 0 aliphatic heterocycles. The number of hydrogen-bond donors (Lipinski definition) is 0. The van der Waals surface area contributed by atoms with E-state index in [0.29, 0.717) is 5.69 Å². The van der Waals surface area contributed by atoms with E-state index in [4.69, 9.17) is 11.6 Å². The Bertz CT molecular complexity index is 1040. The first-order chi connectivity index (χ1) is 14.5. The Kier molecular flexibility index (Phi) is 8.14. The summed E-state index contributed by atoms with van der Waals surface area (Å²) >= 11 is 6.15. The fraction of sp³-hybridized carbons (Fsp3) is 0.412. The number of hydrogen-bond acceptors (Lipinski definition) is 7. The highest BCUT2D eigenvalue weighted by atomic mass is 35.5. The number of ether oxygens (including phenoxy) is 1. The summed E-state index contributed by atoms with van der Waals surface area (Å²) in [6.45, 7) is 0.941. The minimum atomic E-state index is -4.72. The molecule has 1 amide bonds. The summed E-state index contributed by atoms with van der Waals surface area (Å²) in [6, 6.07) is 3.32. The summed E-state index contributed by atoms with van der Waals surface area (Å²) in [5, 5.41) is 2.89. The molecule has 14 heteroatoms. The van der Waals surface area contributed by atoms with Crippen molar-refractivity contribution in [2.75, 3.05) is 31.0 Å². The molecule has 2 heterocycles. The molecule has 0 saturated heterocycles. The molecule has 0 atom stereocenters. The topological polar surface area (TPSA) is 107 Å². The zero-order valence-corrected chi connectivity index (χ0v) is 18.1. The maximum Gasteiger partial charge on any atom is 0.390 e. The van der Waals surface area contributed by atoms with Gasteiger partial charge in [-0.3, -0.25) is 9.78 Å². The Labute approximate surface area is 181 Å². The van der Waals surface area contributed by atoms with Gasteiger partial charge in [-0.15, -0.1) is 0 Å². The Hall–Kier alpha value is -2.51. The maximum absolute atomic E-state index is 13.0. The molecule has 0 aliphatic carbocycles. The SMILES string of the molecule is CCN(C(=O)C(=NCOC)S(=O)(=O)CCC(F)(F)F)c1cn(-c2cccnc2)nc1Cl. The van der Waals surface area contributed by atoms with Crippen molar-refractivity contribution in [1.82, 2.24) is 14.8 Å². The first-order valence-corrected chi connectivity index (χ1v) is 10.8. The number of rotatable bonds is 7. The average molecular weight is 482 g/mol. The van der Waals surface area contributed by atoms with Gasteiger partial charge in [0.25, 0.3) is 5.91 Å². The van der Waals surface area contributed by atoms with Gasteiger partial charge in [0.2, 0.25) is 14.9 Å². The summed E-state index contributed by atoms with van der Waals surface area (Å²) in [6.07, 6.45) is -1.95. The standard InChI is InChI=1S/C17H19ClF3N5O4S/c1-3-25(13-10-26(24-14(13)18)12-5-4-7-22-9-12)16(27)15(23-11-30-2)31(28,29)8-6-17(19,20)21/h4-5,7,9-10H,3,6,8,11H2,1-2H3. The second-order valence-electron chi connectivity index (χ2n) is 6.08. The lowest BCUT2D eigenvalue weighted by molar-refractivity contribution is -0.130. The Morgan fingerprint density at radius 3 is 2.65 bits per heavy atom. The van der Waals surface area contributed by atoms with Gasteiger partial charge in [0.05, 0.1) is 30.3 Å². The van der Waals surface area contributed by atoms with E-state index in [-0.39, 0.29) is 17.4 Å². The third kappa shape index (κ3) is 6.48. The van der Waals surface area contributed by atoms with E-state index in [2.05, 4.69) is 19.8 Å². The smallest absolute Gasteiger partial charge is 0.363 e. The fourth-order valence-corrected chi connectivity index (χ4v) is 4.01. The number of methoxy groups -OCH3 is 1. The number of sulfone groups is 1. The molecule has 0 aromatic carbocycles. The molecule has 0 aliphatic rings. The molecule has 0 spiro atoms. The number of nitrogens with zero attached hydrogens (tertiary/aromatic N) is 5. The molecule has 9 nitrogen and oxygen atoms in total. The van der Waals surface area contributed by atoms with Crippen LogP contribution in [0.1, 0.15) is 13.3 Å². The molecule has 0 fully saturated rings. The molecule has 31 heavy (non-hydrogen) atoms. The van der Waals surface area contributed by atoms with Crippen molar-refractivity contribution in [1.29, 1.82) is 0 Å². The molecule has 2 aromatic rings. The third-order valence-corrected chi connectivity index (χ3v) is 5.79. The predicted octanol–water partition coefficient (Wildman–Crippen LogP) is 2.64. The molecular weight excluding hydrogens is 463 g/mol. The van der Waals surface area contributed by atoms with Crippen molar-refractivity contribution >= 4 is 38.1 Å². The molecule has 0 radical (unpaired) electrons. The van der Waals surface area contributed by atoms with Crippen LogP contribution < -0.4 is 4.90 Å². The van der Waals surface area contributed by atoms with Crippen molar-refractivity contribution in [3.8, 4) is 5.69 Å². The van der Waals surface area contributed by atoms with Crippen molar-refractivity contribution < 1.29 is 31.1 Å². The maximum atomic E-state index is 13.0. The van der Waals surface area contributed by atoms with E-state index in [1.807, 2.05) is 0 Å². The van der Waals surface area contributed by atoms with Gasteiger partial charge in [0.15, 0.2) is 5.15 Å². The van der Waals surface area contributed by atoms with Crippen LogP contribution in [0, 0.1) is 0 Å². The lowest BCUT2D eigenvalue weighted by Gasteiger charge is -2.20. The number of amides is 1. The van der Waals surface area contributed by atoms with Gasteiger partial charge in [-0.1, -0.05) is 11.6 Å². The fourth-order valence-electron chi connectivity index (χ4n) is 2.45. The Morgan fingerprint density at radius 1 is 1.39 bits per heavy atom. The number of anilines is 1. The Balaban J connectivity index is 2.42. The van der Waals surface area contributed by atoms with Crippen LogP contribution in [-0.2, 0) is 19.4 Å². The van der Waals surface area contributed by atoms with E-state index in [9.17, 15) is 26.4 Å². The number of aromatic nitrogens is 3. The lowest BCUT2D eigenvalue weighted by Crippen LogP contribution is -2.41. The summed E-state index contributed by atoms with van der Waals surface area (Å²) in [4.78, 5) is 21.5. The monoisotopic (exact) mass is 481 g/mol. The van der Waals surface area contributed by atoms with Gasteiger partial charge in [-0.05, 0) is 19.1 Å². The van der Waals surface area contributed by atoms with Gasteiger partial charge < -0.3 is 9.64 Å². The molecule has 0 bridgehead atoms. The van der Waals surface area contributed by atoms with E-state index < -0.39 is 45.9 Å². The van der Waals surface area contributed by atoms with E-state index in [1.54, 1.807) is 18.3 Å². The Morgan fingerprint density at radius 2 is 2.10 bits per heavy atom. The van der Waals surface area contributed by atoms with Crippen molar-refractivity contribution in [3.63, 3.8) is 0 Å². The van der Waals surface area contributed by atoms with E-state index >= 15 is 0 Å². The number of alkyl halides is 3. The van der Waals surface area contributed by atoms with Gasteiger partial charge in [-0.2, -0.15) is 18.3 Å². The molecule has 2 rings (SSSR count). The second kappa shape index (κ2) is 10.2. The average Bonchev–Trinajstić information content (AvgIpc) is 3.09. The molecule has 0 N–H and O–H groups in total. The zero-order chi connectivity index (χ0) is 23.2. The van der Waals surface area contributed by atoms with E-state index in [1.165, 1.54) is 31.1 Å². The number of carbonyl (C=O) groups is 1. The summed E-state index contributed by atoms with van der Waals surface area (Å²) < 4.78 is 68.6. The minimum absolute atomic E-state index is 0.0501. The van der Waals surface area contributed by atoms with Crippen LogP contribution in [0.3, 0.4) is 0 Å². The van der Waals surface area contributed by atoms with Crippen molar-refractivity contribution in [2.24, 2.45) is 4.99 Å². The van der Waals surface area contributed by atoms with Gasteiger partial charge in [0, 0.05) is 19.9 Å². The van der Waals surface area contributed by atoms with Crippen LogP contribution in [0.2, 0.25) is 5.15 Å². The van der Waals surface area contributed by atoms with Crippen LogP contribution >= 0.6 is 11.6 Å². The summed E-state index contributed by atoms with van der Waals surface area (Å²) in [7, 11) is -3.48. The van der Waals surface area contributed by atoms with Crippen LogP contribution in [-0.4, -0.2) is 66.4 Å². The van der Waals surface area contributed by atoms with Crippen LogP contribution in [0.4, 0.5) is 18.9 Å². The van der Waals surface area contributed by atoms with Gasteiger partial charge >= 0.3 is 6.18 Å². The third-order valence-electron chi connectivity index (χ3n) is 3.88. The number of carbonyl (C=O) groups excluding carboxylic acids is 1. The normalized spacial score (nSPS) is 12.8. The van der Waals surface area contributed by atoms with Crippen molar-refractivity contribution in [3.05, 3.63) is 35.9 Å². The number of aliphatic imine (C=N–C) groups is 1. The molecule has 2 aromatic heterocycles. The first kappa shape index (κ1) is 24.8. The molecule has 170 valence electrons. The highest BCUT2D eigenvalue weighted by molar-refractivity contribution is 8.08. The van der Waals surface area contributed by atoms with Crippen LogP contribution in [0.5, 0.6) is 0 Å². The highest BCUT2D eigenvalue weighted by Gasteiger charge is 2.36. The molecule has 0 saturated carbocycles. The molecule has 0 unspecified atom stereocenters. The van der Waals surface area contributed by atoms with Gasteiger partial charge in [-0.25, -0.2) is 18.1 Å². The first-order valence-electron chi connectivity index (χ1n) is 8.80. The van der Waals surface area contributed by atoms with Crippen LogP contribution in [0.15, 0.2) is 35.7 Å². The second-order valence-corrected chi connectivity index (χ2v) is 8.46. The predicted molar refractivity (Wildman–Crippen MR) is 108 cm³/mol. The number of pyridine rings is 1. The minimum Gasteiger partial charge on any atom is -0.363 e. The summed E-state index contributed by atoms with van der Waals surface area (Å²) in [5.41, 5.74) is 0.569. The van der Waals surface area contributed by atoms with Gasteiger partial charge in [0.1, 0.15) is 12.4 Å². The van der Waals surface area contributed by atoms with E-state index in [0.717, 1.165) is 4.90 Å². The summed E-state index contributed by atoms with van der Waals surface area (Å²) in [5.74, 6) is -2.47. The van der Waals surface area contributed by atoms with Crippen molar-refractivity contribution in [2.45, 2.75) is 19.5 Å². The quantitative estimate of drug-likeness (QED) is 0.444.